The van der Waals surface area contributed by atoms with Crippen molar-refractivity contribution in [2.24, 2.45) is 5.92 Å². The largest absolute Gasteiger partial charge is 0.354 e. The Morgan fingerprint density at radius 1 is 0.878 bits per heavy atom. The van der Waals surface area contributed by atoms with Crippen molar-refractivity contribution in [2.45, 2.75) is 52.1 Å². The molecule has 2 amide bonds. The lowest BCUT2D eigenvalue weighted by atomic mass is 10.1. The molecular formula is C30H34Cl3N3O4S. The zero-order chi connectivity index (χ0) is 30.5. The van der Waals surface area contributed by atoms with Crippen LogP contribution in [0.3, 0.4) is 0 Å². The van der Waals surface area contributed by atoms with Crippen LogP contribution in [-0.4, -0.2) is 44.3 Å². The molecule has 0 spiro atoms. The first-order valence-electron chi connectivity index (χ1n) is 13.1. The van der Waals surface area contributed by atoms with Crippen molar-refractivity contribution >= 4 is 62.3 Å². The van der Waals surface area contributed by atoms with Crippen LogP contribution >= 0.6 is 34.8 Å². The SMILES string of the molecule is Cc1ccc(S(=O)(=O)N(CC(=O)N(Cc2ccc(Cl)cc2Cl)[C@@H](C)C(=O)NCC(C)C)c2ccc(C)c(Cl)c2)cc1. The minimum Gasteiger partial charge on any atom is -0.354 e. The van der Waals surface area contributed by atoms with Gasteiger partial charge in [0.2, 0.25) is 11.8 Å². The summed E-state index contributed by atoms with van der Waals surface area (Å²) in [6, 6.07) is 15.1. The Bertz CT molecular complexity index is 1510. The van der Waals surface area contributed by atoms with Crippen LogP contribution in [0.4, 0.5) is 5.69 Å². The van der Waals surface area contributed by atoms with E-state index >= 15 is 0 Å². The number of nitrogens with zero attached hydrogens (tertiary/aromatic N) is 2. The second kappa shape index (κ2) is 13.9. The smallest absolute Gasteiger partial charge is 0.264 e. The van der Waals surface area contributed by atoms with Crippen LogP contribution in [-0.2, 0) is 26.2 Å². The number of carbonyl (C=O) groups excluding carboxylic acids is 2. The Morgan fingerprint density at radius 3 is 2.12 bits per heavy atom. The first-order valence-corrected chi connectivity index (χ1v) is 15.6. The Kier molecular flexibility index (Phi) is 11.1. The van der Waals surface area contributed by atoms with Crippen molar-refractivity contribution < 1.29 is 18.0 Å². The zero-order valence-electron chi connectivity index (χ0n) is 23.6. The van der Waals surface area contributed by atoms with Gasteiger partial charge in [0.25, 0.3) is 10.0 Å². The number of carbonyl (C=O) groups is 2. The number of rotatable bonds is 11. The second-order valence-corrected chi connectivity index (χ2v) is 13.4. The standard InChI is InChI=1S/C30H34Cl3N3O4S/c1-19(2)16-34-30(38)22(5)35(17-23-9-10-24(31)14-28(23)33)29(37)18-36(25-11-8-21(4)27(32)15-25)41(39,40)26-12-6-20(3)7-13-26/h6-15,19,22H,16-18H2,1-5H3,(H,34,38)/t22-/m0/s1. The van der Waals surface area contributed by atoms with Crippen molar-refractivity contribution in [2.75, 3.05) is 17.4 Å². The molecule has 0 bridgehead atoms. The predicted molar refractivity (Wildman–Crippen MR) is 166 cm³/mol. The molecule has 0 saturated carbocycles. The average Bonchev–Trinajstić information content (AvgIpc) is 2.91. The summed E-state index contributed by atoms with van der Waals surface area (Å²) >= 11 is 18.9. The Morgan fingerprint density at radius 2 is 1.54 bits per heavy atom. The van der Waals surface area contributed by atoms with Gasteiger partial charge in [-0.1, -0.05) is 78.5 Å². The predicted octanol–water partition coefficient (Wildman–Crippen LogP) is 6.65. The Hall–Kier alpha value is -2.78. The molecule has 3 aromatic carbocycles. The maximum absolute atomic E-state index is 14.0. The van der Waals surface area contributed by atoms with Crippen molar-refractivity contribution in [3.8, 4) is 0 Å². The van der Waals surface area contributed by atoms with Crippen molar-refractivity contribution in [3.63, 3.8) is 0 Å². The lowest BCUT2D eigenvalue weighted by Crippen LogP contribution is -2.51. The number of nitrogens with one attached hydrogen (secondary N) is 1. The quantitative estimate of drug-likeness (QED) is 0.255. The number of hydrogen-bond donors (Lipinski definition) is 1. The molecule has 0 saturated heterocycles. The highest BCUT2D eigenvalue weighted by molar-refractivity contribution is 7.92. The highest BCUT2D eigenvalue weighted by Gasteiger charge is 2.33. The van der Waals surface area contributed by atoms with Gasteiger partial charge in [-0.05, 0) is 74.2 Å². The van der Waals surface area contributed by atoms with E-state index in [2.05, 4.69) is 5.32 Å². The van der Waals surface area contributed by atoms with Crippen LogP contribution in [0.5, 0.6) is 0 Å². The van der Waals surface area contributed by atoms with Gasteiger partial charge >= 0.3 is 0 Å². The number of anilines is 1. The molecule has 3 aromatic rings. The van der Waals surface area contributed by atoms with E-state index in [4.69, 9.17) is 34.8 Å². The first-order chi connectivity index (χ1) is 19.2. The molecule has 0 radical (unpaired) electrons. The first kappa shape index (κ1) is 32.7. The van der Waals surface area contributed by atoms with Gasteiger partial charge in [0.05, 0.1) is 10.6 Å². The number of aryl methyl sites for hydroxylation is 2. The van der Waals surface area contributed by atoms with E-state index in [1.807, 2.05) is 20.8 Å². The molecule has 0 aromatic heterocycles. The molecule has 0 fully saturated rings. The highest BCUT2D eigenvalue weighted by atomic mass is 35.5. The lowest BCUT2D eigenvalue weighted by molar-refractivity contribution is -0.139. The van der Waals surface area contributed by atoms with Gasteiger partial charge in [-0.25, -0.2) is 8.42 Å². The fourth-order valence-corrected chi connectivity index (χ4v) is 6.02. The molecule has 0 unspecified atom stereocenters. The molecule has 41 heavy (non-hydrogen) atoms. The molecule has 1 N–H and O–H groups in total. The summed E-state index contributed by atoms with van der Waals surface area (Å²) in [6.45, 7) is 8.96. The van der Waals surface area contributed by atoms with E-state index in [0.717, 1.165) is 15.4 Å². The average molecular weight is 639 g/mol. The van der Waals surface area contributed by atoms with Gasteiger partial charge < -0.3 is 10.2 Å². The van der Waals surface area contributed by atoms with Gasteiger partial charge in [-0.3, -0.25) is 13.9 Å². The van der Waals surface area contributed by atoms with E-state index in [0.29, 0.717) is 27.2 Å². The van der Waals surface area contributed by atoms with Crippen molar-refractivity contribution in [3.05, 3.63) is 92.4 Å². The van der Waals surface area contributed by atoms with E-state index in [9.17, 15) is 18.0 Å². The Balaban J connectivity index is 2.06. The number of halogens is 3. The zero-order valence-corrected chi connectivity index (χ0v) is 26.7. The van der Waals surface area contributed by atoms with Crippen LogP contribution < -0.4 is 9.62 Å². The molecule has 7 nitrogen and oxygen atoms in total. The van der Waals surface area contributed by atoms with E-state index in [-0.39, 0.29) is 29.0 Å². The fraction of sp³-hybridized carbons (Fsp3) is 0.333. The van der Waals surface area contributed by atoms with Gasteiger partial charge in [-0.15, -0.1) is 0 Å². The van der Waals surface area contributed by atoms with Crippen molar-refractivity contribution in [1.82, 2.24) is 10.2 Å². The molecule has 220 valence electrons. The monoisotopic (exact) mass is 637 g/mol. The van der Waals surface area contributed by atoms with E-state index in [1.54, 1.807) is 56.3 Å². The van der Waals surface area contributed by atoms with Crippen LogP contribution in [0, 0.1) is 19.8 Å². The summed E-state index contributed by atoms with van der Waals surface area (Å²) in [7, 11) is -4.20. The van der Waals surface area contributed by atoms with Crippen LogP contribution in [0.15, 0.2) is 65.6 Å². The molecule has 1 atom stereocenters. The fourth-order valence-electron chi connectivity index (χ4n) is 3.97. The maximum atomic E-state index is 14.0. The summed E-state index contributed by atoms with van der Waals surface area (Å²) in [4.78, 5) is 28.5. The minimum atomic E-state index is -4.20. The minimum absolute atomic E-state index is 0.0163. The molecule has 11 heteroatoms. The molecule has 0 heterocycles. The summed E-state index contributed by atoms with van der Waals surface area (Å²) < 4.78 is 28.9. The number of hydrogen-bond acceptors (Lipinski definition) is 4. The summed E-state index contributed by atoms with van der Waals surface area (Å²) in [5.41, 5.74) is 2.41. The number of sulfonamides is 1. The van der Waals surface area contributed by atoms with Crippen LogP contribution in [0.2, 0.25) is 15.1 Å². The molecule has 0 aliphatic rings. The number of benzene rings is 3. The van der Waals surface area contributed by atoms with Gasteiger partial charge in [0, 0.05) is 28.2 Å². The third-order valence-corrected chi connectivity index (χ3v) is 9.32. The summed E-state index contributed by atoms with van der Waals surface area (Å²) in [6.07, 6.45) is 0. The van der Waals surface area contributed by atoms with Crippen LogP contribution in [0.25, 0.3) is 0 Å². The highest BCUT2D eigenvalue weighted by Crippen LogP contribution is 2.29. The molecule has 3 rings (SSSR count). The Labute approximate surface area is 257 Å². The lowest BCUT2D eigenvalue weighted by Gasteiger charge is -2.32. The van der Waals surface area contributed by atoms with E-state index in [1.165, 1.54) is 23.1 Å². The molecule has 0 aliphatic carbocycles. The van der Waals surface area contributed by atoms with Crippen molar-refractivity contribution in [1.29, 1.82) is 0 Å². The molecular weight excluding hydrogens is 605 g/mol. The third-order valence-electron chi connectivity index (χ3n) is 6.54. The summed E-state index contributed by atoms with van der Waals surface area (Å²) in [5.74, 6) is -0.776. The maximum Gasteiger partial charge on any atom is 0.264 e. The van der Waals surface area contributed by atoms with Crippen LogP contribution in [0.1, 0.15) is 37.5 Å². The van der Waals surface area contributed by atoms with Gasteiger partial charge in [0.15, 0.2) is 0 Å². The topological polar surface area (TPSA) is 86.8 Å². The van der Waals surface area contributed by atoms with E-state index < -0.39 is 28.5 Å². The number of amides is 2. The van der Waals surface area contributed by atoms with Gasteiger partial charge in [0.1, 0.15) is 12.6 Å². The normalized spacial score (nSPS) is 12.2. The molecule has 0 aliphatic heterocycles. The second-order valence-electron chi connectivity index (χ2n) is 10.3. The third kappa shape index (κ3) is 8.38. The van der Waals surface area contributed by atoms with Gasteiger partial charge in [-0.2, -0.15) is 0 Å². The summed E-state index contributed by atoms with van der Waals surface area (Å²) in [5, 5.41) is 3.94.